The van der Waals surface area contributed by atoms with E-state index in [1.165, 1.54) is 25.8 Å². The predicted octanol–water partition coefficient (Wildman–Crippen LogP) is 3.05. The predicted molar refractivity (Wildman–Crippen MR) is 72.1 cm³/mol. The van der Waals surface area contributed by atoms with Gasteiger partial charge in [-0.2, -0.15) is 0 Å². The zero-order valence-corrected chi connectivity index (χ0v) is 11.4. The number of likely N-dealkylation sites (N-methyl/N-ethyl adjacent to an activating group) is 1. The molecule has 1 atom stereocenters. The summed E-state index contributed by atoms with van der Waals surface area (Å²) in [5.41, 5.74) is 0. The summed E-state index contributed by atoms with van der Waals surface area (Å²) in [6.45, 7) is 7.67. The van der Waals surface area contributed by atoms with Crippen molar-refractivity contribution in [2.24, 2.45) is 0 Å². The summed E-state index contributed by atoms with van der Waals surface area (Å²) in [4.78, 5) is 2.39. The zero-order valence-electron chi connectivity index (χ0n) is 11.4. The van der Waals surface area contributed by atoms with Gasteiger partial charge in [0.1, 0.15) is 5.76 Å². The van der Waals surface area contributed by atoms with Gasteiger partial charge < -0.3 is 14.6 Å². The van der Waals surface area contributed by atoms with E-state index in [4.69, 9.17) is 4.42 Å². The van der Waals surface area contributed by atoms with Crippen molar-refractivity contribution in [2.75, 3.05) is 26.7 Å². The molecule has 0 saturated carbocycles. The maximum absolute atomic E-state index is 5.36. The Hall–Kier alpha value is -0.800. The molecule has 0 aliphatic heterocycles. The summed E-state index contributed by atoms with van der Waals surface area (Å²) >= 11 is 0. The molecule has 0 saturated heterocycles. The average molecular weight is 238 g/mol. The van der Waals surface area contributed by atoms with Crippen LogP contribution in [0.4, 0.5) is 0 Å². The van der Waals surface area contributed by atoms with E-state index in [2.05, 4.69) is 31.1 Å². The van der Waals surface area contributed by atoms with Crippen molar-refractivity contribution in [3.8, 4) is 0 Å². The number of nitrogens with one attached hydrogen (secondary N) is 1. The quantitative estimate of drug-likeness (QED) is 0.670. The molecular formula is C14H26N2O. The normalized spacial score (nSPS) is 13.2. The van der Waals surface area contributed by atoms with Crippen molar-refractivity contribution >= 4 is 0 Å². The van der Waals surface area contributed by atoms with Crippen LogP contribution in [0.3, 0.4) is 0 Å². The molecule has 0 fully saturated rings. The van der Waals surface area contributed by atoms with Crippen LogP contribution in [0.15, 0.2) is 22.8 Å². The number of hydrogen-bond donors (Lipinski definition) is 1. The van der Waals surface area contributed by atoms with Crippen LogP contribution in [-0.2, 0) is 0 Å². The van der Waals surface area contributed by atoms with E-state index in [9.17, 15) is 0 Å². The lowest BCUT2D eigenvalue weighted by molar-refractivity contribution is 0.313. The van der Waals surface area contributed by atoms with E-state index in [1.807, 2.05) is 12.1 Å². The van der Waals surface area contributed by atoms with Gasteiger partial charge in [0.15, 0.2) is 0 Å². The molecule has 0 aromatic carbocycles. The highest BCUT2D eigenvalue weighted by molar-refractivity contribution is 5.02. The molecule has 3 heteroatoms. The van der Waals surface area contributed by atoms with E-state index in [-0.39, 0.29) is 0 Å². The van der Waals surface area contributed by atoms with E-state index >= 15 is 0 Å². The van der Waals surface area contributed by atoms with E-state index in [0.29, 0.717) is 6.04 Å². The minimum atomic E-state index is 0.300. The van der Waals surface area contributed by atoms with Crippen LogP contribution in [0.2, 0.25) is 0 Å². The molecule has 1 heterocycles. The fraction of sp³-hybridized carbons (Fsp3) is 0.714. The second-order valence-electron chi connectivity index (χ2n) is 4.70. The first kappa shape index (κ1) is 14.3. The number of furan rings is 1. The molecule has 3 nitrogen and oxygen atoms in total. The minimum Gasteiger partial charge on any atom is -0.468 e. The Balaban J connectivity index is 2.06. The van der Waals surface area contributed by atoms with Crippen LogP contribution in [0, 0.1) is 0 Å². The van der Waals surface area contributed by atoms with Crippen LogP contribution >= 0.6 is 0 Å². The third-order valence-electron chi connectivity index (χ3n) is 3.06. The van der Waals surface area contributed by atoms with Crippen LogP contribution in [-0.4, -0.2) is 31.6 Å². The molecule has 1 aromatic rings. The Morgan fingerprint density at radius 2 is 2.18 bits per heavy atom. The smallest absolute Gasteiger partial charge is 0.120 e. The fourth-order valence-electron chi connectivity index (χ4n) is 1.85. The molecule has 98 valence electrons. The zero-order chi connectivity index (χ0) is 12.5. The summed E-state index contributed by atoms with van der Waals surface area (Å²) < 4.78 is 5.36. The Morgan fingerprint density at radius 1 is 1.35 bits per heavy atom. The third kappa shape index (κ3) is 5.89. The Morgan fingerprint density at radius 3 is 2.82 bits per heavy atom. The molecule has 0 bridgehead atoms. The third-order valence-corrected chi connectivity index (χ3v) is 3.06. The van der Waals surface area contributed by atoms with Gasteiger partial charge in [0, 0.05) is 13.1 Å². The lowest BCUT2D eigenvalue weighted by Gasteiger charge is -2.18. The van der Waals surface area contributed by atoms with Crippen molar-refractivity contribution in [3.63, 3.8) is 0 Å². The molecule has 1 aromatic heterocycles. The summed E-state index contributed by atoms with van der Waals surface area (Å²) in [7, 11) is 2.19. The molecule has 0 aliphatic carbocycles. The van der Waals surface area contributed by atoms with Crippen LogP contribution in [0.25, 0.3) is 0 Å². The number of rotatable bonds is 9. The van der Waals surface area contributed by atoms with Gasteiger partial charge in [-0.15, -0.1) is 0 Å². The van der Waals surface area contributed by atoms with E-state index in [1.54, 1.807) is 6.26 Å². The Bertz CT molecular complexity index is 272. The van der Waals surface area contributed by atoms with Gasteiger partial charge >= 0.3 is 0 Å². The van der Waals surface area contributed by atoms with E-state index < -0.39 is 0 Å². The minimum absolute atomic E-state index is 0.300. The summed E-state index contributed by atoms with van der Waals surface area (Å²) in [6.07, 6.45) is 5.66. The maximum atomic E-state index is 5.36. The molecular weight excluding hydrogens is 212 g/mol. The SMILES string of the molecule is CCCCCN(C)CCNC(C)c1ccco1. The molecule has 0 aliphatic rings. The van der Waals surface area contributed by atoms with Crippen molar-refractivity contribution in [2.45, 2.75) is 39.2 Å². The van der Waals surface area contributed by atoms with Crippen molar-refractivity contribution < 1.29 is 4.42 Å². The average Bonchev–Trinajstić information content (AvgIpc) is 2.82. The number of nitrogens with zero attached hydrogens (tertiary/aromatic N) is 1. The molecule has 0 amide bonds. The van der Waals surface area contributed by atoms with Gasteiger partial charge in [-0.25, -0.2) is 0 Å². The van der Waals surface area contributed by atoms with Gasteiger partial charge in [-0.1, -0.05) is 19.8 Å². The van der Waals surface area contributed by atoms with Gasteiger partial charge in [0.25, 0.3) is 0 Å². The maximum Gasteiger partial charge on any atom is 0.120 e. The molecule has 1 rings (SSSR count). The molecule has 0 spiro atoms. The number of hydrogen-bond acceptors (Lipinski definition) is 3. The Labute approximate surface area is 105 Å². The topological polar surface area (TPSA) is 28.4 Å². The summed E-state index contributed by atoms with van der Waals surface area (Å²) in [5.74, 6) is 1.01. The highest BCUT2D eigenvalue weighted by Gasteiger charge is 2.07. The van der Waals surface area contributed by atoms with Crippen LogP contribution in [0.1, 0.15) is 44.9 Å². The standard InChI is InChI=1S/C14H26N2O/c1-4-5-6-10-16(3)11-9-15-13(2)14-8-7-12-17-14/h7-8,12-13,15H,4-6,9-11H2,1-3H3. The first-order valence-electron chi connectivity index (χ1n) is 6.69. The van der Waals surface area contributed by atoms with Gasteiger partial charge in [0.05, 0.1) is 12.3 Å². The second kappa shape index (κ2) is 8.31. The van der Waals surface area contributed by atoms with Crippen LogP contribution in [0.5, 0.6) is 0 Å². The Kier molecular flexibility index (Phi) is 6.97. The molecule has 1 N–H and O–H groups in total. The first-order chi connectivity index (χ1) is 8.24. The lowest BCUT2D eigenvalue weighted by atomic mass is 10.2. The number of unbranched alkanes of at least 4 members (excludes halogenated alkanes) is 2. The summed E-state index contributed by atoms with van der Waals surface area (Å²) in [5, 5.41) is 3.47. The van der Waals surface area contributed by atoms with Crippen molar-refractivity contribution in [1.29, 1.82) is 0 Å². The van der Waals surface area contributed by atoms with Gasteiger partial charge in [0.2, 0.25) is 0 Å². The molecule has 17 heavy (non-hydrogen) atoms. The monoisotopic (exact) mass is 238 g/mol. The van der Waals surface area contributed by atoms with Gasteiger partial charge in [-0.3, -0.25) is 0 Å². The van der Waals surface area contributed by atoms with Crippen molar-refractivity contribution in [3.05, 3.63) is 24.2 Å². The van der Waals surface area contributed by atoms with Crippen molar-refractivity contribution in [1.82, 2.24) is 10.2 Å². The molecule has 1 unspecified atom stereocenters. The first-order valence-corrected chi connectivity index (χ1v) is 6.69. The highest BCUT2D eigenvalue weighted by atomic mass is 16.3. The summed E-state index contributed by atoms with van der Waals surface area (Å²) in [6, 6.07) is 4.25. The van der Waals surface area contributed by atoms with Gasteiger partial charge in [-0.05, 0) is 39.1 Å². The largest absolute Gasteiger partial charge is 0.468 e. The highest BCUT2D eigenvalue weighted by Crippen LogP contribution is 2.11. The fourth-order valence-corrected chi connectivity index (χ4v) is 1.85. The lowest BCUT2D eigenvalue weighted by Crippen LogP contribution is -2.31. The van der Waals surface area contributed by atoms with Crippen LogP contribution < -0.4 is 5.32 Å². The second-order valence-corrected chi connectivity index (χ2v) is 4.70. The van der Waals surface area contributed by atoms with E-state index in [0.717, 1.165) is 18.8 Å². The molecule has 0 radical (unpaired) electrons.